The Morgan fingerprint density at radius 3 is 2.38 bits per heavy atom. The summed E-state index contributed by atoms with van der Waals surface area (Å²) >= 11 is 1.89. The van der Waals surface area contributed by atoms with Gasteiger partial charge in [0.1, 0.15) is 0 Å². The Hall–Kier alpha value is 0.270. The number of hydrogen-bond acceptors (Lipinski definition) is 3. The van der Waals surface area contributed by atoms with Gasteiger partial charge in [-0.1, -0.05) is 25.7 Å². The maximum atomic E-state index is 5.58. The summed E-state index contributed by atoms with van der Waals surface area (Å²) in [5, 5.41) is 0. The van der Waals surface area contributed by atoms with Gasteiger partial charge in [-0.05, 0) is 25.0 Å². The number of hydrazine groups is 1. The van der Waals surface area contributed by atoms with Crippen LogP contribution in [-0.4, -0.2) is 18.1 Å². The van der Waals surface area contributed by atoms with Gasteiger partial charge >= 0.3 is 0 Å². The summed E-state index contributed by atoms with van der Waals surface area (Å²) in [4.78, 5) is 0. The molecule has 0 aliphatic heterocycles. The van der Waals surface area contributed by atoms with Crippen molar-refractivity contribution in [3.05, 3.63) is 0 Å². The second kappa shape index (κ2) is 6.68. The predicted octanol–water partition coefficient (Wildman–Crippen LogP) is 2.15. The number of nitrogens with two attached hydrogens (primary N) is 1. The summed E-state index contributed by atoms with van der Waals surface area (Å²) in [6.45, 7) is 0. The van der Waals surface area contributed by atoms with Crippen LogP contribution in [0.25, 0.3) is 0 Å². The Balaban J connectivity index is 2.35. The fraction of sp³-hybridized carbons (Fsp3) is 1.00. The Morgan fingerprint density at radius 1 is 1.31 bits per heavy atom. The molecule has 1 aliphatic rings. The smallest absolute Gasteiger partial charge is 0.0329 e. The SMILES string of the molecule is CSCC(NN)C1CCCCCC1. The van der Waals surface area contributed by atoms with Crippen LogP contribution in [0.1, 0.15) is 38.5 Å². The van der Waals surface area contributed by atoms with Gasteiger partial charge in [0.05, 0.1) is 0 Å². The molecule has 1 rings (SSSR count). The average Bonchev–Trinajstić information content (AvgIpc) is 2.42. The fourth-order valence-corrected chi connectivity index (χ4v) is 2.94. The van der Waals surface area contributed by atoms with Crippen LogP contribution in [0.3, 0.4) is 0 Å². The molecule has 0 radical (unpaired) electrons. The minimum atomic E-state index is 0.535. The van der Waals surface area contributed by atoms with Crippen molar-refractivity contribution < 1.29 is 0 Å². The van der Waals surface area contributed by atoms with Crippen LogP contribution in [0, 0.1) is 5.92 Å². The van der Waals surface area contributed by atoms with Crippen LogP contribution in [0.5, 0.6) is 0 Å². The molecule has 3 heteroatoms. The van der Waals surface area contributed by atoms with Crippen molar-refractivity contribution in [2.45, 2.75) is 44.6 Å². The van der Waals surface area contributed by atoms with Gasteiger partial charge in [0.25, 0.3) is 0 Å². The van der Waals surface area contributed by atoms with Crippen LogP contribution in [0.15, 0.2) is 0 Å². The summed E-state index contributed by atoms with van der Waals surface area (Å²) in [5.74, 6) is 7.55. The molecule has 1 fully saturated rings. The maximum absolute atomic E-state index is 5.58. The number of thioether (sulfide) groups is 1. The molecule has 1 unspecified atom stereocenters. The zero-order chi connectivity index (χ0) is 9.52. The third-order valence-electron chi connectivity index (χ3n) is 3.03. The lowest BCUT2D eigenvalue weighted by Gasteiger charge is -2.24. The lowest BCUT2D eigenvalue weighted by Crippen LogP contribution is -2.42. The van der Waals surface area contributed by atoms with E-state index in [0.717, 1.165) is 11.7 Å². The minimum Gasteiger partial charge on any atom is -0.271 e. The molecule has 0 heterocycles. The van der Waals surface area contributed by atoms with E-state index in [-0.39, 0.29) is 0 Å². The topological polar surface area (TPSA) is 38.0 Å². The van der Waals surface area contributed by atoms with E-state index in [0.29, 0.717) is 6.04 Å². The van der Waals surface area contributed by atoms with E-state index in [1.165, 1.54) is 38.5 Å². The van der Waals surface area contributed by atoms with E-state index in [4.69, 9.17) is 5.84 Å². The molecule has 0 aromatic rings. The first-order valence-corrected chi connectivity index (χ1v) is 6.73. The summed E-state index contributed by atoms with van der Waals surface area (Å²) in [6, 6.07) is 0.535. The van der Waals surface area contributed by atoms with Crippen molar-refractivity contribution in [1.29, 1.82) is 0 Å². The molecule has 13 heavy (non-hydrogen) atoms. The second-order valence-electron chi connectivity index (χ2n) is 3.98. The van der Waals surface area contributed by atoms with Crippen molar-refractivity contribution in [3.8, 4) is 0 Å². The molecule has 1 aliphatic carbocycles. The van der Waals surface area contributed by atoms with Crippen molar-refractivity contribution in [1.82, 2.24) is 5.43 Å². The molecule has 3 N–H and O–H groups in total. The van der Waals surface area contributed by atoms with Gasteiger partial charge in [0.2, 0.25) is 0 Å². The Labute approximate surface area is 86.0 Å². The summed E-state index contributed by atoms with van der Waals surface area (Å²) in [6.07, 6.45) is 10.5. The van der Waals surface area contributed by atoms with Gasteiger partial charge in [-0.25, -0.2) is 0 Å². The third-order valence-corrected chi connectivity index (χ3v) is 3.72. The molecule has 0 amide bonds. The van der Waals surface area contributed by atoms with E-state index in [2.05, 4.69) is 11.7 Å². The molecular weight excluding hydrogens is 180 g/mol. The highest BCUT2D eigenvalue weighted by Gasteiger charge is 2.20. The predicted molar refractivity (Wildman–Crippen MR) is 60.7 cm³/mol. The Bertz CT molecular complexity index is 122. The number of nitrogens with one attached hydrogen (secondary N) is 1. The highest BCUT2D eigenvalue weighted by atomic mass is 32.2. The lowest BCUT2D eigenvalue weighted by atomic mass is 9.93. The van der Waals surface area contributed by atoms with Crippen molar-refractivity contribution in [3.63, 3.8) is 0 Å². The molecule has 78 valence electrons. The highest BCUT2D eigenvalue weighted by molar-refractivity contribution is 7.98. The van der Waals surface area contributed by atoms with Crippen molar-refractivity contribution >= 4 is 11.8 Å². The fourth-order valence-electron chi connectivity index (χ4n) is 2.21. The van der Waals surface area contributed by atoms with Gasteiger partial charge < -0.3 is 0 Å². The highest BCUT2D eigenvalue weighted by Crippen LogP contribution is 2.26. The van der Waals surface area contributed by atoms with E-state index < -0.39 is 0 Å². The van der Waals surface area contributed by atoms with Gasteiger partial charge in [-0.3, -0.25) is 11.3 Å². The number of rotatable bonds is 4. The largest absolute Gasteiger partial charge is 0.271 e. The lowest BCUT2D eigenvalue weighted by molar-refractivity contribution is 0.346. The first-order valence-electron chi connectivity index (χ1n) is 5.33. The molecule has 0 saturated heterocycles. The second-order valence-corrected chi connectivity index (χ2v) is 4.89. The molecule has 0 bridgehead atoms. The first kappa shape index (κ1) is 11.3. The maximum Gasteiger partial charge on any atom is 0.0329 e. The van der Waals surface area contributed by atoms with Gasteiger partial charge in [-0.2, -0.15) is 11.8 Å². The van der Waals surface area contributed by atoms with Crippen LogP contribution in [0.4, 0.5) is 0 Å². The van der Waals surface area contributed by atoms with E-state index in [1.54, 1.807) is 0 Å². The van der Waals surface area contributed by atoms with E-state index in [1.807, 2.05) is 11.8 Å². The van der Waals surface area contributed by atoms with Crippen molar-refractivity contribution in [2.75, 3.05) is 12.0 Å². The standard InChI is InChI=1S/C10H22N2S/c1-13-8-10(12-11)9-6-4-2-3-5-7-9/h9-10,12H,2-8,11H2,1H3. The molecule has 1 saturated carbocycles. The van der Waals surface area contributed by atoms with E-state index in [9.17, 15) is 0 Å². The molecule has 0 aromatic heterocycles. The van der Waals surface area contributed by atoms with Gasteiger partial charge in [0, 0.05) is 11.8 Å². The van der Waals surface area contributed by atoms with E-state index >= 15 is 0 Å². The van der Waals surface area contributed by atoms with Gasteiger partial charge in [0.15, 0.2) is 0 Å². The van der Waals surface area contributed by atoms with Crippen LogP contribution >= 0.6 is 11.8 Å². The Morgan fingerprint density at radius 2 is 1.92 bits per heavy atom. The monoisotopic (exact) mass is 202 g/mol. The van der Waals surface area contributed by atoms with Gasteiger partial charge in [-0.15, -0.1) is 0 Å². The zero-order valence-electron chi connectivity index (χ0n) is 8.59. The summed E-state index contributed by atoms with van der Waals surface area (Å²) in [5.41, 5.74) is 2.98. The van der Waals surface area contributed by atoms with Crippen LogP contribution in [0.2, 0.25) is 0 Å². The molecular formula is C10H22N2S. The Kier molecular flexibility index (Phi) is 5.83. The third kappa shape index (κ3) is 3.88. The number of hydrogen-bond donors (Lipinski definition) is 2. The summed E-state index contributed by atoms with van der Waals surface area (Å²) in [7, 11) is 0. The molecule has 0 spiro atoms. The van der Waals surface area contributed by atoms with Crippen LogP contribution in [-0.2, 0) is 0 Å². The minimum absolute atomic E-state index is 0.535. The molecule has 1 atom stereocenters. The van der Waals surface area contributed by atoms with Crippen molar-refractivity contribution in [2.24, 2.45) is 11.8 Å². The zero-order valence-corrected chi connectivity index (χ0v) is 9.41. The first-order chi connectivity index (χ1) is 6.38. The quantitative estimate of drug-likeness (QED) is 0.417. The van der Waals surface area contributed by atoms with Crippen LogP contribution < -0.4 is 11.3 Å². The average molecular weight is 202 g/mol. The summed E-state index contributed by atoms with van der Waals surface area (Å²) < 4.78 is 0. The normalized spacial score (nSPS) is 22.6. The molecule has 0 aromatic carbocycles. The molecule has 2 nitrogen and oxygen atoms in total.